The molecule has 0 saturated carbocycles. The van der Waals surface area contributed by atoms with E-state index in [2.05, 4.69) is 278 Å². The lowest BCUT2D eigenvalue weighted by molar-refractivity contribution is 0.668. The minimum atomic E-state index is -0.890. The molecule has 1 unspecified atom stereocenters. The smallest absolute Gasteiger partial charge is 0.159 e. The van der Waals surface area contributed by atoms with Gasteiger partial charge in [-0.3, -0.25) is 0 Å². The van der Waals surface area contributed by atoms with Crippen LogP contribution in [0.15, 0.2) is 294 Å². The number of furan rings is 2. The highest BCUT2D eigenvalue weighted by Crippen LogP contribution is 2.64. The minimum Gasteiger partial charge on any atom is -0.454 e. The molecule has 2 aromatic heterocycles. The first kappa shape index (κ1) is 45.3. The average Bonchev–Trinajstić information content (AvgIpc) is 2.91. The van der Waals surface area contributed by atoms with E-state index in [-0.39, 0.29) is 0 Å². The summed E-state index contributed by atoms with van der Waals surface area (Å²) in [5, 5.41) is 11.3. The monoisotopic (exact) mass is 998 g/mol. The standard InChI is InChI=1S/C74H50N2O2/c1-3-4-8-25-48(2)74(49-26-9-5-10-27-49)63-47-66(76(51-30-13-7-14-31-51)65-41-24-39-61-56-35-20-22-43-68(56)78-73(61)65)54-33-16-18-37-58(54)69(63)70-57-36-17-15-32-53(57)62-46-52(44-45-59(62)71(70)74)75(50-28-11-6-12-29-50)64-40-23-38-60-55-34-19-21-42-67(55)77-72(60)64/h3-47H,2H2,1H3/b4-3-,25-8-. The van der Waals surface area contributed by atoms with Crippen LogP contribution in [0.2, 0.25) is 0 Å². The Morgan fingerprint density at radius 3 is 1.50 bits per heavy atom. The Labute approximate surface area is 451 Å². The Balaban J connectivity index is 1.07. The van der Waals surface area contributed by atoms with E-state index in [1.165, 1.54) is 27.5 Å². The summed E-state index contributed by atoms with van der Waals surface area (Å²) in [6.07, 6.45) is 8.55. The molecule has 1 aliphatic carbocycles. The lowest BCUT2D eigenvalue weighted by Gasteiger charge is -2.36. The van der Waals surface area contributed by atoms with Crippen molar-refractivity contribution in [3.05, 3.63) is 302 Å². The van der Waals surface area contributed by atoms with E-state index in [0.717, 1.165) is 116 Å². The van der Waals surface area contributed by atoms with Crippen molar-refractivity contribution in [1.82, 2.24) is 0 Å². The summed E-state index contributed by atoms with van der Waals surface area (Å²) >= 11 is 0. The van der Waals surface area contributed by atoms with Crippen molar-refractivity contribution in [3.63, 3.8) is 0 Å². The molecule has 78 heavy (non-hydrogen) atoms. The van der Waals surface area contributed by atoms with Gasteiger partial charge in [-0.25, -0.2) is 0 Å². The molecule has 0 amide bonds. The first-order valence-electron chi connectivity index (χ1n) is 26.7. The van der Waals surface area contributed by atoms with Gasteiger partial charge in [0, 0.05) is 44.0 Å². The Morgan fingerprint density at radius 2 is 0.885 bits per heavy atom. The zero-order valence-electron chi connectivity index (χ0n) is 42.9. The number of rotatable bonds is 10. The number of hydrogen-bond donors (Lipinski definition) is 0. The predicted octanol–water partition coefficient (Wildman–Crippen LogP) is 20.9. The number of benzene rings is 12. The second kappa shape index (κ2) is 18.0. The summed E-state index contributed by atoms with van der Waals surface area (Å²) in [5.74, 6) is 0. The molecule has 2 heterocycles. The van der Waals surface area contributed by atoms with Gasteiger partial charge >= 0.3 is 0 Å². The summed E-state index contributed by atoms with van der Waals surface area (Å²) in [4.78, 5) is 4.76. The highest BCUT2D eigenvalue weighted by atomic mass is 16.3. The predicted molar refractivity (Wildman–Crippen MR) is 328 cm³/mol. The van der Waals surface area contributed by atoms with Gasteiger partial charge in [-0.1, -0.05) is 213 Å². The maximum atomic E-state index is 6.90. The van der Waals surface area contributed by atoms with Crippen molar-refractivity contribution in [3.8, 4) is 11.1 Å². The quantitative estimate of drug-likeness (QED) is 0.101. The molecule has 15 rings (SSSR count). The molecule has 0 radical (unpaired) electrons. The topological polar surface area (TPSA) is 32.8 Å². The highest BCUT2D eigenvalue weighted by molar-refractivity contribution is 6.24. The lowest BCUT2D eigenvalue weighted by atomic mass is 9.66. The molecule has 14 aromatic rings. The van der Waals surface area contributed by atoms with Gasteiger partial charge in [0.25, 0.3) is 0 Å². The largest absolute Gasteiger partial charge is 0.454 e. The molecule has 1 atom stereocenters. The maximum Gasteiger partial charge on any atom is 0.159 e. The SMILES string of the molecule is C=C(/C=C\C=C/C)C1(c2ccccc2)c2cc(N(c3ccccc3)c3cccc4c3oc3ccccc34)c3ccccc3c2-c2c1c1ccc(N(c3ccccc3)c3cccc4c3oc3ccccc34)cc1c1ccccc21. The number of anilines is 6. The van der Waals surface area contributed by atoms with Gasteiger partial charge in [0.15, 0.2) is 11.2 Å². The van der Waals surface area contributed by atoms with Crippen LogP contribution in [0.25, 0.3) is 87.3 Å². The summed E-state index contributed by atoms with van der Waals surface area (Å²) in [7, 11) is 0. The van der Waals surface area contributed by atoms with Crippen LogP contribution in [0.3, 0.4) is 0 Å². The van der Waals surface area contributed by atoms with E-state index in [1.807, 2.05) is 12.1 Å². The molecule has 4 nitrogen and oxygen atoms in total. The molecule has 4 heteroatoms. The molecular formula is C74H50N2O2. The summed E-state index contributed by atoms with van der Waals surface area (Å²) in [6.45, 7) is 7.24. The zero-order chi connectivity index (χ0) is 51.9. The zero-order valence-corrected chi connectivity index (χ0v) is 42.9. The highest BCUT2D eigenvalue weighted by Gasteiger charge is 2.49. The molecule has 368 valence electrons. The number of nitrogens with zero attached hydrogens (tertiary/aromatic N) is 2. The lowest BCUT2D eigenvalue weighted by Crippen LogP contribution is -2.29. The van der Waals surface area contributed by atoms with Crippen molar-refractivity contribution in [2.24, 2.45) is 0 Å². The van der Waals surface area contributed by atoms with Crippen LogP contribution in [0.4, 0.5) is 34.1 Å². The molecule has 1 aliphatic rings. The van der Waals surface area contributed by atoms with Crippen LogP contribution < -0.4 is 9.80 Å². The third-order valence-corrected chi connectivity index (χ3v) is 16.1. The van der Waals surface area contributed by atoms with E-state index in [1.54, 1.807) is 0 Å². The number of para-hydroxylation sites is 6. The van der Waals surface area contributed by atoms with Gasteiger partial charge in [0.05, 0.1) is 22.5 Å². The van der Waals surface area contributed by atoms with E-state index in [9.17, 15) is 0 Å². The fourth-order valence-electron chi connectivity index (χ4n) is 12.9. The van der Waals surface area contributed by atoms with Crippen LogP contribution in [0.5, 0.6) is 0 Å². The molecule has 0 fully saturated rings. The van der Waals surface area contributed by atoms with E-state index < -0.39 is 5.41 Å². The van der Waals surface area contributed by atoms with Crippen molar-refractivity contribution in [2.75, 3.05) is 9.80 Å². The van der Waals surface area contributed by atoms with Crippen molar-refractivity contribution >= 4 is 110 Å². The molecule has 0 aliphatic heterocycles. The molecule has 0 bridgehead atoms. The molecule has 12 aromatic carbocycles. The van der Waals surface area contributed by atoms with Crippen molar-refractivity contribution < 1.29 is 8.83 Å². The van der Waals surface area contributed by atoms with Gasteiger partial charge in [0.1, 0.15) is 11.2 Å². The van der Waals surface area contributed by atoms with Crippen LogP contribution in [-0.4, -0.2) is 0 Å². The van der Waals surface area contributed by atoms with Gasteiger partial charge in [0.2, 0.25) is 0 Å². The fourth-order valence-corrected chi connectivity index (χ4v) is 12.9. The van der Waals surface area contributed by atoms with Crippen LogP contribution in [-0.2, 0) is 5.41 Å². The minimum absolute atomic E-state index is 0.831. The van der Waals surface area contributed by atoms with Crippen molar-refractivity contribution in [2.45, 2.75) is 12.3 Å². The third-order valence-electron chi connectivity index (χ3n) is 16.1. The normalized spacial score (nSPS) is 14.2. The summed E-state index contributed by atoms with van der Waals surface area (Å²) in [5.41, 5.74) is 15.4. The number of hydrogen-bond acceptors (Lipinski definition) is 4. The summed E-state index contributed by atoms with van der Waals surface area (Å²) < 4.78 is 13.7. The van der Waals surface area contributed by atoms with E-state index in [4.69, 9.17) is 15.4 Å². The van der Waals surface area contributed by atoms with Gasteiger partial charge in [-0.2, -0.15) is 0 Å². The molecule has 0 N–H and O–H groups in total. The number of allylic oxidation sites excluding steroid dienone is 5. The first-order chi connectivity index (χ1) is 38.6. The van der Waals surface area contributed by atoms with E-state index in [0.29, 0.717) is 0 Å². The van der Waals surface area contributed by atoms with Crippen molar-refractivity contribution in [1.29, 1.82) is 0 Å². The molecule has 0 spiro atoms. The average molecular weight is 999 g/mol. The third kappa shape index (κ3) is 6.66. The maximum absolute atomic E-state index is 6.90. The Hall–Kier alpha value is -10.2. The first-order valence-corrected chi connectivity index (χ1v) is 26.7. The Bertz CT molecular complexity index is 4780. The number of fused-ring (bicyclic) bond motifs is 16. The van der Waals surface area contributed by atoms with Gasteiger partial charge in [-0.15, -0.1) is 0 Å². The summed E-state index contributed by atoms with van der Waals surface area (Å²) in [6, 6.07) is 89.7. The fraction of sp³-hybridized carbons (Fsp3) is 0.0270. The van der Waals surface area contributed by atoms with Crippen LogP contribution in [0, 0.1) is 0 Å². The molecule has 0 saturated heterocycles. The molecular weight excluding hydrogens is 949 g/mol. The van der Waals surface area contributed by atoms with Gasteiger partial charge in [-0.05, 0) is 134 Å². The van der Waals surface area contributed by atoms with Crippen LogP contribution >= 0.6 is 0 Å². The Kier molecular flexibility index (Phi) is 10.4. The van der Waals surface area contributed by atoms with E-state index >= 15 is 0 Å². The second-order valence-corrected chi connectivity index (χ2v) is 20.3. The Morgan fingerprint density at radius 1 is 0.385 bits per heavy atom. The van der Waals surface area contributed by atoms with Crippen LogP contribution in [0.1, 0.15) is 23.6 Å². The van der Waals surface area contributed by atoms with Gasteiger partial charge < -0.3 is 18.6 Å². The second-order valence-electron chi connectivity index (χ2n) is 20.3.